The summed E-state index contributed by atoms with van der Waals surface area (Å²) in [5, 5.41) is 9.29. The van der Waals surface area contributed by atoms with Crippen LogP contribution >= 0.6 is 0 Å². The van der Waals surface area contributed by atoms with Crippen LogP contribution in [0.15, 0.2) is 130 Å². The summed E-state index contributed by atoms with van der Waals surface area (Å²) in [6.07, 6.45) is 5.03. The van der Waals surface area contributed by atoms with E-state index in [0.717, 1.165) is 116 Å². The Labute approximate surface area is 341 Å². The minimum atomic E-state index is 0.747. The van der Waals surface area contributed by atoms with Crippen molar-refractivity contribution in [2.45, 2.75) is 53.4 Å². The van der Waals surface area contributed by atoms with E-state index in [1.54, 1.807) is 0 Å². The summed E-state index contributed by atoms with van der Waals surface area (Å²) in [5.74, 6) is 3.13. The van der Waals surface area contributed by atoms with Crippen molar-refractivity contribution < 1.29 is 8.83 Å². The Bertz CT molecular complexity index is 2770. The summed E-state index contributed by atoms with van der Waals surface area (Å²) in [6, 6.07) is 44.8. The van der Waals surface area contributed by atoms with Gasteiger partial charge < -0.3 is 18.6 Å². The van der Waals surface area contributed by atoms with Crippen LogP contribution < -0.4 is 9.80 Å². The molecule has 0 radical (unpaired) electrons. The highest BCUT2D eigenvalue weighted by atomic mass is 16.3. The fourth-order valence-corrected chi connectivity index (χ4v) is 10.5. The highest BCUT2D eigenvalue weighted by Gasteiger charge is 2.28. The second-order valence-corrected chi connectivity index (χ2v) is 18.0. The van der Waals surface area contributed by atoms with E-state index in [4.69, 9.17) is 8.83 Å². The predicted octanol–water partition coefficient (Wildman–Crippen LogP) is 14.9. The van der Waals surface area contributed by atoms with Gasteiger partial charge in [-0.05, 0) is 131 Å². The van der Waals surface area contributed by atoms with Crippen LogP contribution in [0.4, 0.5) is 11.4 Å². The first-order chi connectivity index (χ1) is 28.4. The Balaban J connectivity index is 1.13. The van der Waals surface area contributed by atoms with Gasteiger partial charge in [-0.3, -0.25) is 0 Å². The molecule has 9 aromatic rings. The van der Waals surface area contributed by atoms with Crippen LogP contribution in [0.3, 0.4) is 0 Å². The van der Waals surface area contributed by atoms with Gasteiger partial charge in [-0.1, -0.05) is 100 Å². The van der Waals surface area contributed by atoms with E-state index >= 15 is 0 Å². The SMILES string of the molecule is CC(C)C1CCN(c2ccc3cc4c(cc3c2)oc2c(-c3ccccc3)c3c(oc5cc6cc(N7CCC(C(C)C)CC7)ccc6cc53)c(-c3ccccc3)c24)CC1. The lowest BCUT2D eigenvalue weighted by Crippen LogP contribution is -2.35. The van der Waals surface area contributed by atoms with Crippen molar-refractivity contribution in [3.63, 3.8) is 0 Å². The molecule has 0 spiro atoms. The minimum Gasteiger partial charge on any atom is -0.455 e. The molecule has 2 aliphatic rings. The van der Waals surface area contributed by atoms with Crippen LogP contribution in [-0.2, 0) is 0 Å². The second-order valence-electron chi connectivity index (χ2n) is 18.0. The number of rotatable bonds is 6. The van der Waals surface area contributed by atoms with E-state index in [0.29, 0.717) is 0 Å². The average Bonchev–Trinajstić information content (AvgIpc) is 3.81. The molecule has 2 fully saturated rings. The molecular formula is C54H52N2O2. The first-order valence-corrected chi connectivity index (χ1v) is 21.7. The lowest BCUT2D eigenvalue weighted by atomic mass is 9.86. The lowest BCUT2D eigenvalue weighted by molar-refractivity contribution is 0.311. The molecule has 0 bridgehead atoms. The van der Waals surface area contributed by atoms with Gasteiger partial charge in [-0.15, -0.1) is 0 Å². The Morgan fingerprint density at radius 2 is 0.845 bits per heavy atom. The van der Waals surface area contributed by atoms with Gasteiger partial charge in [-0.2, -0.15) is 0 Å². The van der Waals surface area contributed by atoms with Crippen LogP contribution in [0.25, 0.3) is 87.7 Å². The number of benzene rings is 7. The molecule has 0 aliphatic carbocycles. The van der Waals surface area contributed by atoms with Crippen LogP contribution in [0, 0.1) is 23.7 Å². The topological polar surface area (TPSA) is 32.8 Å². The molecule has 290 valence electrons. The van der Waals surface area contributed by atoms with Crippen LogP contribution in [0.2, 0.25) is 0 Å². The molecule has 2 aliphatic heterocycles. The molecule has 0 atom stereocenters. The monoisotopic (exact) mass is 760 g/mol. The highest BCUT2D eigenvalue weighted by molar-refractivity contribution is 6.31. The third-order valence-electron chi connectivity index (χ3n) is 14.0. The first kappa shape index (κ1) is 35.4. The van der Waals surface area contributed by atoms with Gasteiger partial charge in [0.2, 0.25) is 0 Å². The standard InChI is InChI=1S/C54H52N2O2/c1-33(2)35-19-23-55(24-20-35)43-17-15-39-29-45-47(31-41(39)27-43)57-53-50(38-13-9-6-10-14-38)52-46-30-40-16-18-44(56-25-21-36(22-26-56)34(3)4)28-42(40)32-48(46)58-54(52)49(51(45)53)37-11-7-5-8-12-37/h5-18,27-36H,19-26H2,1-4H3. The molecular weight excluding hydrogens is 709 g/mol. The van der Waals surface area contributed by atoms with Gasteiger partial charge in [-0.25, -0.2) is 0 Å². The zero-order valence-electron chi connectivity index (χ0n) is 34.2. The molecule has 58 heavy (non-hydrogen) atoms. The second kappa shape index (κ2) is 14.0. The number of piperidine rings is 2. The van der Waals surface area contributed by atoms with E-state index in [-0.39, 0.29) is 0 Å². The van der Waals surface area contributed by atoms with Gasteiger partial charge in [0.15, 0.2) is 0 Å². The molecule has 11 rings (SSSR count). The van der Waals surface area contributed by atoms with Crippen molar-refractivity contribution in [3.8, 4) is 22.3 Å². The van der Waals surface area contributed by atoms with Crippen LogP contribution in [-0.4, -0.2) is 26.2 Å². The Morgan fingerprint density at radius 3 is 1.22 bits per heavy atom. The minimum absolute atomic E-state index is 0.747. The smallest absolute Gasteiger partial charge is 0.144 e. The highest BCUT2D eigenvalue weighted by Crippen LogP contribution is 2.51. The number of anilines is 2. The average molecular weight is 761 g/mol. The normalized spacial score (nSPS) is 16.2. The van der Waals surface area contributed by atoms with Crippen molar-refractivity contribution >= 4 is 76.8 Å². The van der Waals surface area contributed by atoms with E-state index in [1.807, 2.05) is 0 Å². The zero-order chi connectivity index (χ0) is 39.1. The maximum atomic E-state index is 7.19. The third-order valence-corrected chi connectivity index (χ3v) is 14.0. The molecule has 4 nitrogen and oxygen atoms in total. The summed E-state index contributed by atoms with van der Waals surface area (Å²) >= 11 is 0. The van der Waals surface area contributed by atoms with Crippen LogP contribution in [0.5, 0.6) is 0 Å². The van der Waals surface area contributed by atoms with Crippen molar-refractivity contribution in [1.82, 2.24) is 0 Å². The molecule has 4 heteroatoms. The summed E-state index contributed by atoms with van der Waals surface area (Å²) in [4.78, 5) is 5.14. The fraction of sp³-hybridized carbons (Fsp3) is 0.296. The largest absolute Gasteiger partial charge is 0.455 e. The van der Waals surface area contributed by atoms with Gasteiger partial charge >= 0.3 is 0 Å². The summed E-state index contributed by atoms with van der Waals surface area (Å²) in [6.45, 7) is 13.9. The van der Waals surface area contributed by atoms with Crippen molar-refractivity contribution in [1.29, 1.82) is 0 Å². The molecule has 4 heterocycles. The Kier molecular flexibility index (Phi) is 8.54. The predicted molar refractivity (Wildman–Crippen MR) is 246 cm³/mol. The van der Waals surface area contributed by atoms with Crippen molar-refractivity contribution in [2.75, 3.05) is 36.0 Å². The van der Waals surface area contributed by atoms with Crippen molar-refractivity contribution in [2.24, 2.45) is 23.7 Å². The lowest BCUT2D eigenvalue weighted by Gasteiger charge is -2.35. The van der Waals surface area contributed by atoms with E-state index in [2.05, 4.69) is 159 Å². The van der Waals surface area contributed by atoms with E-state index in [9.17, 15) is 0 Å². The Hall–Kier alpha value is -5.74. The summed E-state index contributed by atoms with van der Waals surface area (Å²) < 4.78 is 14.4. The quantitative estimate of drug-likeness (QED) is 0.169. The molecule has 0 N–H and O–H groups in total. The van der Waals surface area contributed by atoms with E-state index < -0.39 is 0 Å². The molecule has 2 aromatic heterocycles. The molecule has 2 saturated heterocycles. The fourth-order valence-electron chi connectivity index (χ4n) is 10.5. The third kappa shape index (κ3) is 5.86. The van der Waals surface area contributed by atoms with Gasteiger partial charge in [0.05, 0.1) is 0 Å². The molecule has 0 unspecified atom stereocenters. The Morgan fingerprint density at radius 1 is 0.448 bits per heavy atom. The number of hydrogen-bond acceptors (Lipinski definition) is 4. The zero-order valence-corrected chi connectivity index (χ0v) is 34.2. The maximum absolute atomic E-state index is 7.19. The number of furan rings is 2. The molecule has 7 aromatic carbocycles. The van der Waals surface area contributed by atoms with Crippen molar-refractivity contribution in [3.05, 3.63) is 121 Å². The molecule has 0 amide bonds. The summed E-state index contributed by atoms with van der Waals surface area (Å²) in [7, 11) is 0. The van der Waals surface area contributed by atoms with Gasteiger partial charge in [0, 0.05) is 70.2 Å². The number of hydrogen-bond donors (Lipinski definition) is 0. The van der Waals surface area contributed by atoms with Crippen LogP contribution in [0.1, 0.15) is 53.4 Å². The molecule has 0 saturated carbocycles. The van der Waals surface area contributed by atoms with Gasteiger partial charge in [0.1, 0.15) is 22.3 Å². The number of fused-ring (bicyclic) bond motifs is 8. The first-order valence-electron chi connectivity index (χ1n) is 21.7. The van der Waals surface area contributed by atoms with Gasteiger partial charge in [0.25, 0.3) is 0 Å². The maximum Gasteiger partial charge on any atom is 0.144 e. The summed E-state index contributed by atoms with van der Waals surface area (Å²) in [5.41, 5.74) is 10.6. The number of nitrogens with zero attached hydrogens (tertiary/aromatic N) is 2. The van der Waals surface area contributed by atoms with E-state index in [1.165, 1.54) is 58.6 Å².